The Morgan fingerprint density at radius 1 is 1.38 bits per heavy atom. The van der Waals surface area contributed by atoms with Crippen LogP contribution in [0.2, 0.25) is 0 Å². The lowest BCUT2D eigenvalue weighted by Gasteiger charge is -2.18. The van der Waals surface area contributed by atoms with Gasteiger partial charge in [0.15, 0.2) is 9.84 Å². The third-order valence-corrected chi connectivity index (χ3v) is 5.64. The van der Waals surface area contributed by atoms with E-state index in [-0.39, 0.29) is 5.25 Å². The van der Waals surface area contributed by atoms with Gasteiger partial charge in [-0.2, -0.15) is 0 Å². The summed E-state index contributed by atoms with van der Waals surface area (Å²) in [5, 5.41) is -0.317. The first-order chi connectivity index (χ1) is 7.44. The van der Waals surface area contributed by atoms with E-state index < -0.39 is 9.84 Å². The lowest BCUT2D eigenvalue weighted by Crippen LogP contribution is -2.19. The second-order valence-corrected chi connectivity index (χ2v) is 7.33. The van der Waals surface area contributed by atoms with Gasteiger partial charge in [0.1, 0.15) is 0 Å². The molecule has 0 N–H and O–H groups in total. The van der Waals surface area contributed by atoms with Crippen molar-refractivity contribution in [1.82, 2.24) is 0 Å². The van der Waals surface area contributed by atoms with E-state index in [0.717, 1.165) is 12.0 Å². The summed E-state index contributed by atoms with van der Waals surface area (Å²) in [6.07, 6.45) is 7.71. The van der Waals surface area contributed by atoms with Crippen LogP contribution in [0.15, 0.2) is 34.3 Å². The van der Waals surface area contributed by atoms with Gasteiger partial charge in [0.05, 0.1) is 5.25 Å². The van der Waals surface area contributed by atoms with Gasteiger partial charge in [-0.3, -0.25) is 0 Å². The summed E-state index contributed by atoms with van der Waals surface area (Å²) in [5.74, 6) is 0.292. The first-order valence-corrected chi connectivity index (χ1v) is 7.31. The molecule has 0 aliphatic heterocycles. The van der Waals surface area contributed by atoms with E-state index in [4.69, 9.17) is 0 Å². The van der Waals surface area contributed by atoms with Crippen LogP contribution in [0, 0.1) is 5.92 Å². The van der Waals surface area contributed by atoms with E-state index >= 15 is 0 Å². The molecule has 0 unspecified atom stereocenters. The summed E-state index contributed by atoms with van der Waals surface area (Å²) >= 11 is 0. The predicted octanol–water partition coefficient (Wildman–Crippen LogP) is 2.99. The van der Waals surface area contributed by atoms with E-state index in [1.807, 2.05) is 6.08 Å². The monoisotopic (exact) mass is 238 g/mol. The van der Waals surface area contributed by atoms with Gasteiger partial charge in [-0.1, -0.05) is 23.8 Å². The number of hydrogen-bond donors (Lipinski definition) is 0. The third kappa shape index (κ3) is 1.88. The quantitative estimate of drug-likeness (QED) is 0.708. The van der Waals surface area contributed by atoms with Crippen molar-refractivity contribution in [3.05, 3.63) is 34.3 Å². The Hall–Kier alpha value is -0.830. The molecule has 0 aromatic carbocycles. The fraction of sp³-hybridized carbons (Fsp3) is 0.538. The molecule has 2 aliphatic rings. The molecular formula is C13H18O2S. The number of allylic oxidation sites excluding steroid dienone is 6. The Balaban J connectivity index is 2.43. The first kappa shape index (κ1) is 11.6. The molecule has 0 amide bonds. The summed E-state index contributed by atoms with van der Waals surface area (Å²) in [5.41, 5.74) is 2.30. The molecule has 2 rings (SSSR count). The Labute approximate surface area is 97.7 Å². The maximum absolute atomic E-state index is 12.2. The highest BCUT2D eigenvalue weighted by Crippen LogP contribution is 2.41. The van der Waals surface area contributed by atoms with Gasteiger partial charge in [0, 0.05) is 10.8 Å². The largest absolute Gasteiger partial charge is 0.224 e. The summed E-state index contributed by atoms with van der Waals surface area (Å²) in [6.45, 7) is 5.57. The van der Waals surface area contributed by atoms with Gasteiger partial charge in [-0.15, -0.1) is 0 Å². The van der Waals surface area contributed by atoms with E-state index in [2.05, 4.69) is 19.1 Å². The lowest BCUT2D eigenvalue weighted by atomic mass is 10.0. The molecular weight excluding hydrogens is 220 g/mol. The molecule has 2 aliphatic carbocycles. The van der Waals surface area contributed by atoms with E-state index in [0.29, 0.717) is 17.2 Å². The SMILES string of the molecule is CC1=C[C@H]1C1=C(S(=O)(=O)C(C)C)CCC=C1. The minimum Gasteiger partial charge on any atom is -0.224 e. The average Bonchev–Trinajstić information content (AvgIpc) is 2.95. The van der Waals surface area contributed by atoms with Crippen LogP contribution in [0.3, 0.4) is 0 Å². The summed E-state index contributed by atoms with van der Waals surface area (Å²) < 4.78 is 24.4. The van der Waals surface area contributed by atoms with Crippen molar-refractivity contribution in [3.63, 3.8) is 0 Å². The minimum atomic E-state index is -3.08. The normalized spacial score (nSPS) is 25.0. The first-order valence-electron chi connectivity index (χ1n) is 5.76. The van der Waals surface area contributed by atoms with Crippen LogP contribution in [-0.4, -0.2) is 13.7 Å². The van der Waals surface area contributed by atoms with E-state index in [9.17, 15) is 8.42 Å². The number of rotatable bonds is 3. The molecule has 2 nitrogen and oxygen atoms in total. The third-order valence-electron chi connectivity index (χ3n) is 3.27. The van der Waals surface area contributed by atoms with Crippen molar-refractivity contribution in [2.45, 2.75) is 38.9 Å². The van der Waals surface area contributed by atoms with Crippen LogP contribution < -0.4 is 0 Å². The highest BCUT2D eigenvalue weighted by molar-refractivity contribution is 7.95. The number of hydrogen-bond acceptors (Lipinski definition) is 2. The molecule has 0 heterocycles. The summed E-state index contributed by atoms with van der Waals surface area (Å²) in [7, 11) is -3.08. The zero-order valence-corrected chi connectivity index (χ0v) is 10.8. The van der Waals surface area contributed by atoms with Crippen LogP contribution in [0.25, 0.3) is 0 Å². The zero-order valence-electron chi connectivity index (χ0n) is 10.0. The van der Waals surface area contributed by atoms with Crippen molar-refractivity contribution in [2.75, 3.05) is 0 Å². The molecule has 0 saturated carbocycles. The Morgan fingerprint density at radius 2 is 2.00 bits per heavy atom. The Morgan fingerprint density at radius 3 is 2.50 bits per heavy atom. The van der Waals surface area contributed by atoms with Crippen molar-refractivity contribution >= 4 is 9.84 Å². The van der Waals surface area contributed by atoms with Crippen molar-refractivity contribution in [3.8, 4) is 0 Å². The van der Waals surface area contributed by atoms with Crippen LogP contribution in [-0.2, 0) is 9.84 Å². The minimum absolute atomic E-state index is 0.292. The molecule has 0 fully saturated rings. The molecule has 0 aromatic heterocycles. The van der Waals surface area contributed by atoms with Crippen molar-refractivity contribution in [1.29, 1.82) is 0 Å². The second kappa shape index (κ2) is 3.88. The van der Waals surface area contributed by atoms with Crippen molar-refractivity contribution in [2.24, 2.45) is 5.92 Å². The van der Waals surface area contributed by atoms with Gasteiger partial charge in [0.2, 0.25) is 0 Å². The van der Waals surface area contributed by atoms with E-state index in [1.165, 1.54) is 5.57 Å². The van der Waals surface area contributed by atoms with E-state index in [1.54, 1.807) is 13.8 Å². The standard InChI is InChI=1S/C13H18O2S/c1-9(2)16(14,15)13-7-5-4-6-11(13)12-8-10(12)3/h4,6,8-9,12H,5,7H2,1-3H3/t12-/m1/s1. The smallest absolute Gasteiger partial charge is 0.177 e. The van der Waals surface area contributed by atoms with Crippen LogP contribution >= 0.6 is 0 Å². The molecule has 0 saturated heterocycles. The molecule has 1 atom stereocenters. The maximum atomic E-state index is 12.2. The average molecular weight is 238 g/mol. The molecule has 0 radical (unpaired) electrons. The molecule has 88 valence electrons. The summed E-state index contributed by atoms with van der Waals surface area (Å²) in [6, 6.07) is 0. The van der Waals surface area contributed by atoms with Gasteiger partial charge in [-0.25, -0.2) is 8.42 Å². The predicted molar refractivity (Wildman–Crippen MR) is 66.7 cm³/mol. The molecule has 16 heavy (non-hydrogen) atoms. The second-order valence-electron chi connectivity index (χ2n) is 4.80. The van der Waals surface area contributed by atoms with Crippen LogP contribution in [0.4, 0.5) is 0 Å². The van der Waals surface area contributed by atoms with Gasteiger partial charge in [-0.05, 0) is 39.2 Å². The van der Waals surface area contributed by atoms with Crippen molar-refractivity contribution < 1.29 is 8.42 Å². The van der Waals surface area contributed by atoms with Gasteiger partial charge >= 0.3 is 0 Å². The van der Waals surface area contributed by atoms with Gasteiger partial charge in [0.25, 0.3) is 0 Å². The van der Waals surface area contributed by atoms with Crippen LogP contribution in [0.1, 0.15) is 33.6 Å². The topological polar surface area (TPSA) is 34.1 Å². The summed E-state index contributed by atoms with van der Waals surface area (Å²) in [4.78, 5) is 0.670. The number of sulfone groups is 1. The lowest BCUT2D eigenvalue weighted by molar-refractivity contribution is 0.590. The Bertz CT molecular complexity index is 490. The highest BCUT2D eigenvalue weighted by atomic mass is 32.2. The maximum Gasteiger partial charge on any atom is 0.177 e. The van der Waals surface area contributed by atoms with Crippen LogP contribution in [0.5, 0.6) is 0 Å². The zero-order chi connectivity index (χ0) is 11.9. The Kier molecular flexibility index (Phi) is 2.82. The van der Waals surface area contributed by atoms with Gasteiger partial charge < -0.3 is 0 Å². The fourth-order valence-electron chi connectivity index (χ4n) is 2.08. The molecule has 0 spiro atoms. The highest BCUT2D eigenvalue weighted by Gasteiger charge is 2.32. The molecule has 3 heteroatoms. The fourth-order valence-corrected chi connectivity index (χ4v) is 3.57. The molecule has 0 bridgehead atoms. The molecule has 0 aromatic rings.